The molecule has 0 radical (unpaired) electrons. The second kappa shape index (κ2) is 8.05. The van der Waals surface area contributed by atoms with Crippen LogP contribution in [0.3, 0.4) is 0 Å². The van der Waals surface area contributed by atoms with Crippen LogP contribution in [0.1, 0.15) is 44.2 Å². The smallest absolute Gasteiger partial charge is 0.239 e. The molecule has 2 N–H and O–H groups in total. The third kappa shape index (κ3) is 3.70. The minimum absolute atomic E-state index is 0.0685. The van der Waals surface area contributed by atoms with E-state index in [2.05, 4.69) is 31.4 Å². The van der Waals surface area contributed by atoms with Crippen LogP contribution in [-0.4, -0.2) is 42.9 Å². The summed E-state index contributed by atoms with van der Waals surface area (Å²) in [5.74, 6) is -0.623. The number of rotatable bonds is 3. The topological polar surface area (TPSA) is 61.4 Å². The van der Waals surface area contributed by atoms with E-state index in [0.717, 1.165) is 11.1 Å². The van der Waals surface area contributed by atoms with Gasteiger partial charge < -0.3 is 15.5 Å². The Balaban J connectivity index is 2.01. The maximum Gasteiger partial charge on any atom is 0.239 e. The third-order valence-corrected chi connectivity index (χ3v) is 7.01. The Kier molecular flexibility index (Phi) is 5.81. The van der Waals surface area contributed by atoms with Crippen molar-refractivity contribution in [2.45, 2.75) is 50.6 Å². The summed E-state index contributed by atoms with van der Waals surface area (Å²) in [6.07, 6.45) is 0.705. The molecular weight excluding hydrogens is 445 g/mol. The lowest BCUT2D eigenvalue weighted by molar-refractivity contribution is -0.131. The number of nitrogens with one attached hydrogen (secondary N) is 2. The fraction of sp³-hybridized carbons (Fsp3) is 0.440. The number of benzene rings is 2. The largest absolute Gasteiger partial charge is 0.347 e. The van der Waals surface area contributed by atoms with Crippen LogP contribution < -0.4 is 10.6 Å². The zero-order chi connectivity index (χ0) is 23.4. The van der Waals surface area contributed by atoms with Gasteiger partial charge in [-0.25, -0.2) is 0 Å². The van der Waals surface area contributed by atoms with E-state index in [4.69, 9.17) is 23.2 Å². The van der Waals surface area contributed by atoms with E-state index in [0.29, 0.717) is 22.2 Å². The van der Waals surface area contributed by atoms with Crippen molar-refractivity contribution in [2.24, 2.45) is 5.41 Å². The number of carbonyl (C=O) groups excluding carboxylic acids is 2. The summed E-state index contributed by atoms with van der Waals surface area (Å²) in [4.78, 5) is 28.9. The summed E-state index contributed by atoms with van der Waals surface area (Å²) in [7, 11) is 3.48. The highest BCUT2D eigenvalue weighted by molar-refractivity contribution is 6.31. The first kappa shape index (κ1) is 23.1. The maximum absolute atomic E-state index is 13.9. The molecular formula is C25H29Cl2N3O2. The minimum atomic E-state index is -0.978. The number of anilines is 1. The first-order chi connectivity index (χ1) is 14.9. The van der Waals surface area contributed by atoms with Crippen LogP contribution in [0, 0.1) is 5.41 Å². The molecule has 2 heterocycles. The number of halogens is 2. The van der Waals surface area contributed by atoms with Gasteiger partial charge in [-0.2, -0.15) is 0 Å². The Bertz CT molecular complexity index is 1080. The predicted molar refractivity (Wildman–Crippen MR) is 129 cm³/mol. The van der Waals surface area contributed by atoms with Crippen LogP contribution in [-0.2, 0) is 15.0 Å². The Morgan fingerprint density at radius 3 is 2.41 bits per heavy atom. The van der Waals surface area contributed by atoms with Gasteiger partial charge in [0, 0.05) is 41.8 Å². The van der Waals surface area contributed by atoms with E-state index in [-0.39, 0.29) is 23.3 Å². The van der Waals surface area contributed by atoms with Gasteiger partial charge in [0.25, 0.3) is 0 Å². The number of nitrogens with zero attached hydrogens (tertiary/aromatic N) is 1. The van der Waals surface area contributed by atoms with Crippen LogP contribution >= 0.6 is 23.2 Å². The Morgan fingerprint density at radius 2 is 1.78 bits per heavy atom. The average molecular weight is 474 g/mol. The summed E-state index contributed by atoms with van der Waals surface area (Å²) in [6, 6.07) is 12.2. The van der Waals surface area contributed by atoms with Crippen LogP contribution in [0.2, 0.25) is 10.0 Å². The van der Waals surface area contributed by atoms with E-state index in [1.54, 1.807) is 31.1 Å². The second-order valence-electron chi connectivity index (χ2n) is 10.2. The standard InChI is InChI=1S/C25H29Cl2N3O2/c1-24(2,3)13-19-25(17-10-9-16(27)12-18(17)28-23(25)32)20(14-7-6-8-15(26)11-14)21(29-19)22(31)30(4)5/h6-12,19-21,29H,13H2,1-5H3,(H,28,32)/t19-,20+,21?,25+/m1/s1. The number of likely N-dealkylation sites (N-methyl/N-ethyl adjacent to an activating group) is 1. The number of hydrogen-bond donors (Lipinski definition) is 2. The van der Waals surface area contributed by atoms with Gasteiger partial charge in [0.15, 0.2) is 0 Å². The molecule has 170 valence electrons. The number of hydrogen-bond acceptors (Lipinski definition) is 3. The first-order valence-electron chi connectivity index (χ1n) is 10.8. The zero-order valence-electron chi connectivity index (χ0n) is 19.0. The van der Waals surface area contributed by atoms with Crippen LogP contribution in [0.15, 0.2) is 42.5 Å². The molecule has 2 aromatic carbocycles. The lowest BCUT2D eigenvalue weighted by atomic mass is 9.62. The molecule has 1 spiro atoms. The number of carbonyl (C=O) groups is 2. The molecule has 5 nitrogen and oxygen atoms in total. The van der Waals surface area contributed by atoms with Crippen molar-refractivity contribution < 1.29 is 9.59 Å². The number of amides is 2. The van der Waals surface area contributed by atoms with E-state index >= 15 is 0 Å². The van der Waals surface area contributed by atoms with Crippen molar-refractivity contribution in [3.05, 3.63) is 63.6 Å². The molecule has 1 unspecified atom stereocenters. The van der Waals surface area contributed by atoms with Crippen molar-refractivity contribution >= 4 is 40.7 Å². The third-order valence-electron chi connectivity index (χ3n) is 6.54. The van der Waals surface area contributed by atoms with Gasteiger partial charge in [0.05, 0.1) is 6.04 Å². The fourth-order valence-electron chi connectivity index (χ4n) is 5.39. The molecule has 1 saturated heterocycles. The highest BCUT2D eigenvalue weighted by Gasteiger charge is 2.65. The average Bonchev–Trinajstić information content (AvgIpc) is 3.15. The molecule has 0 aromatic heterocycles. The molecule has 32 heavy (non-hydrogen) atoms. The molecule has 4 rings (SSSR count). The molecule has 0 bridgehead atoms. The van der Waals surface area contributed by atoms with Crippen molar-refractivity contribution in [1.82, 2.24) is 10.2 Å². The zero-order valence-corrected chi connectivity index (χ0v) is 20.5. The molecule has 7 heteroatoms. The van der Waals surface area contributed by atoms with E-state index < -0.39 is 17.4 Å². The van der Waals surface area contributed by atoms with Gasteiger partial charge >= 0.3 is 0 Å². The minimum Gasteiger partial charge on any atom is -0.347 e. The van der Waals surface area contributed by atoms with Crippen molar-refractivity contribution in [3.8, 4) is 0 Å². The van der Waals surface area contributed by atoms with Crippen molar-refractivity contribution in [2.75, 3.05) is 19.4 Å². The van der Waals surface area contributed by atoms with Gasteiger partial charge in [0.2, 0.25) is 11.8 Å². The molecule has 2 amide bonds. The van der Waals surface area contributed by atoms with Gasteiger partial charge in [-0.05, 0) is 47.2 Å². The van der Waals surface area contributed by atoms with Gasteiger partial charge in [0.1, 0.15) is 5.41 Å². The van der Waals surface area contributed by atoms with E-state index in [1.807, 2.05) is 30.3 Å². The Labute approximate surface area is 199 Å². The molecule has 2 aromatic rings. The molecule has 4 atom stereocenters. The number of fused-ring (bicyclic) bond motifs is 2. The van der Waals surface area contributed by atoms with E-state index in [9.17, 15) is 9.59 Å². The van der Waals surface area contributed by atoms with Crippen LogP contribution in [0.25, 0.3) is 0 Å². The lowest BCUT2D eigenvalue weighted by Gasteiger charge is -2.37. The summed E-state index contributed by atoms with van der Waals surface area (Å²) < 4.78 is 0. The molecule has 0 aliphatic carbocycles. The first-order valence-corrected chi connectivity index (χ1v) is 11.5. The highest BCUT2D eigenvalue weighted by Crippen LogP contribution is 2.56. The van der Waals surface area contributed by atoms with Gasteiger partial charge in [-0.1, -0.05) is 62.2 Å². The van der Waals surface area contributed by atoms with Gasteiger partial charge in [-0.3, -0.25) is 9.59 Å². The summed E-state index contributed by atoms with van der Waals surface area (Å²) in [5.41, 5.74) is 1.38. The van der Waals surface area contributed by atoms with Crippen molar-refractivity contribution in [3.63, 3.8) is 0 Å². The van der Waals surface area contributed by atoms with Crippen LogP contribution in [0.5, 0.6) is 0 Å². The van der Waals surface area contributed by atoms with Crippen molar-refractivity contribution in [1.29, 1.82) is 0 Å². The molecule has 0 saturated carbocycles. The highest BCUT2D eigenvalue weighted by atomic mass is 35.5. The molecule has 2 aliphatic heterocycles. The molecule has 1 fully saturated rings. The molecule has 2 aliphatic rings. The summed E-state index contributed by atoms with van der Waals surface area (Å²) >= 11 is 12.6. The Morgan fingerprint density at radius 1 is 1.09 bits per heavy atom. The summed E-state index contributed by atoms with van der Waals surface area (Å²) in [5, 5.41) is 7.78. The maximum atomic E-state index is 13.9. The normalized spacial score (nSPS) is 26.8. The van der Waals surface area contributed by atoms with Crippen LogP contribution in [0.4, 0.5) is 5.69 Å². The van der Waals surface area contributed by atoms with Gasteiger partial charge in [-0.15, -0.1) is 0 Å². The quantitative estimate of drug-likeness (QED) is 0.670. The fourth-order valence-corrected chi connectivity index (χ4v) is 5.76. The summed E-state index contributed by atoms with van der Waals surface area (Å²) in [6.45, 7) is 6.44. The second-order valence-corrected chi connectivity index (χ2v) is 11.1. The SMILES string of the molecule is CN(C)C(=O)C1N[C@H](CC(C)(C)C)[C@]2(C(=O)Nc3cc(Cl)ccc32)[C@H]1c1cccc(Cl)c1. The lowest BCUT2D eigenvalue weighted by Crippen LogP contribution is -2.49. The monoisotopic (exact) mass is 473 g/mol. The Hall–Kier alpha value is -2.08. The predicted octanol–water partition coefficient (Wildman–Crippen LogP) is 4.83. The van der Waals surface area contributed by atoms with E-state index in [1.165, 1.54) is 0 Å².